The fourth-order valence-electron chi connectivity index (χ4n) is 3.83. The molecule has 3 fully saturated rings. The number of amides is 1. The number of nitrogens with two attached hydrogens (primary N) is 1. The summed E-state index contributed by atoms with van der Waals surface area (Å²) in [5.41, 5.74) is 6.05. The van der Waals surface area contributed by atoms with Gasteiger partial charge in [0.25, 0.3) is 0 Å². The van der Waals surface area contributed by atoms with Crippen molar-refractivity contribution in [2.24, 2.45) is 23.5 Å². The van der Waals surface area contributed by atoms with E-state index in [0.29, 0.717) is 11.8 Å². The highest BCUT2D eigenvalue weighted by Crippen LogP contribution is 2.57. The fourth-order valence-corrected chi connectivity index (χ4v) is 3.83. The lowest BCUT2D eigenvalue weighted by Crippen LogP contribution is -2.50. The Morgan fingerprint density at radius 3 is 2.38 bits per heavy atom. The first-order valence-electron chi connectivity index (χ1n) is 6.83. The summed E-state index contributed by atoms with van der Waals surface area (Å²) in [5.74, 6) is 2.10. The van der Waals surface area contributed by atoms with Crippen LogP contribution in [-0.2, 0) is 4.79 Å². The average molecular weight is 222 g/mol. The second kappa shape index (κ2) is 4.02. The summed E-state index contributed by atoms with van der Waals surface area (Å²) >= 11 is 0. The number of nitrogens with one attached hydrogen (secondary N) is 1. The average Bonchev–Trinajstić information content (AvgIpc) is 2.76. The summed E-state index contributed by atoms with van der Waals surface area (Å²) < 4.78 is 0. The molecule has 0 spiro atoms. The Kier molecular flexibility index (Phi) is 2.66. The van der Waals surface area contributed by atoms with E-state index >= 15 is 0 Å². The van der Waals surface area contributed by atoms with Crippen molar-refractivity contribution in [2.45, 2.75) is 57.0 Å². The SMILES string of the molecule is NC1CCCCC1NC(=O)C1C2CCCC21. The highest BCUT2D eigenvalue weighted by Gasteiger charge is 2.56. The highest BCUT2D eigenvalue weighted by molar-refractivity contribution is 5.82. The Hall–Kier alpha value is -0.570. The van der Waals surface area contributed by atoms with Gasteiger partial charge in [0.2, 0.25) is 5.91 Å². The van der Waals surface area contributed by atoms with E-state index in [1.807, 2.05) is 0 Å². The molecule has 3 N–H and O–H groups in total. The molecule has 0 saturated heterocycles. The van der Waals surface area contributed by atoms with Gasteiger partial charge in [-0.1, -0.05) is 19.3 Å². The van der Waals surface area contributed by atoms with Crippen molar-refractivity contribution in [3.8, 4) is 0 Å². The molecule has 3 aliphatic rings. The zero-order valence-corrected chi connectivity index (χ0v) is 9.82. The molecule has 3 saturated carbocycles. The Bertz CT molecular complexity index is 282. The van der Waals surface area contributed by atoms with Crippen LogP contribution in [0.25, 0.3) is 0 Å². The monoisotopic (exact) mass is 222 g/mol. The molecule has 0 aromatic carbocycles. The lowest BCUT2D eigenvalue weighted by molar-refractivity contribution is -0.124. The van der Waals surface area contributed by atoms with Crippen molar-refractivity contribution in [3.63, 3.8) is 0 Å². The Labute approximate surface area is 97.2 Å². The van der Waals surface area contributed by atoms with E-state index in [4.69, 9.17) is 5.73 Å². The molecule has 0 aromatic heterocycles. The lowest BCUT2D eigenvalue weighted by Gasteiger charge is -2.29. The van der Waals surface area contributed by atoms with E-state index in [1.54, 1.807) is 0 Å². The smallest absolute Gasteiger partial charge is 0.223 e. The number of hydrogen-bond acceptors (Lipinski definition) is 2. The summed E-state index contributed by atoms with van der Waals surface area (Å²) in [6.07, 6.45) is 8.48. The first kappa shape index (κ1) is 10.6. The first-order chi connectivity index (χ1) is 7.77. The Morgan fingerprint density at radius 2 is 1.69 bits per heavy atom. The van der Waals surface area contributed by atoms with Crippen LogP contribution < -0.4 is 11.1 Å². The molecule has 1 amide bonds. The van der Waals surface area contributed by atoms with E-state index in [1.165, 1.54) is 32.1 Å². The van der Waals surface area contributed by atoms with Crippen molar-refractivity contribution in [1.29, 1.82) is 0 Å². The van der Waals surface area contributed by atoms with Crippen LogP contribution in [-0.4, -0.2) is 18.0 Å². The van der Waals surface area contributed by atoms with E-state index in [0.717, 1.165) is 24.7 Å². The van der Waals surface area contributed by atoms with Crippen LogP contribution in [0.3, 0.4) is 0 Å². The molecule has 0 aliphatic heterocycles. The van der Waals surface area contributed by atoms with E-state index in [-0.39, 0.29) is 12.1 Å². The topological polar surface area (TPSA) is 55.1 Å². The zero-order valence-electron chi connectivity index (χ0n) is 9.82. The minimum Gasteiger partial charge on any atom is -0.352 e. The third kappa shape index (κ3) is 1.75. The second-order valence-corrected chi connectivity index (χ2v) is 5.85. The summed E-state index contributed by atoms with van der Waals surface area (Å²) in [7, 11) is 0. The van der Waals surface area contributed by atoms with E-state index in [2.05, 4.69) is 5.32 Å². The summed E-state index contributed by atoms with van der Waals surface area (Å²) in [5, 5.41) is 3.20. The normalized spacial score (nSPS) is 46.2. The maximum absolute atomic E-state index is 12.1. The first-order valence-corrected chi connectivity index (χ1v) is 6.83. The zero-order chi connectivity index (χ0) is 11.1. The molecule has 90 valence electrons. The van der Waals surface area contributed by atoms with Gasteiger partial charge in [0.05, 0.1) is 0 Å². The van der Waals surface area contributed by atoms with Crippen molar-refractivity contribution < 1.29 is 4.79 Å². The van der Waals surface area contributed by atoms with Gasteiger partial charge in [-0.15, -0.1) is 0 Å². The number of rotatable bonds is 2. The molecular weight excluding hydrogens is 200 g/mol. The van der Waals surface area contributed by atoms with Gasteiger partial charge >= 0.3 is 0 Å². The molecule has 3 aliphatic carbocycles. The maximum atomic E-state index is 12.1. The second-order valence-electron chi connectivity index (χ2n) is 5.85. The Balaban J connectivity index is 1.52. The maximum Gasteiger partial charge on any atom is 0.223 e. The van der Waals surface area contributed by atoms with Gasteiger partial charge in [0.1, 0.15) is 0 Å². The van der Waals surface area contributed by atoms with Gasteiger partial charge in [-0.3, -0.25) is 4.79 Å². The molecule has 3 heteroatoms. The van der Waals surface area contributed by atoms with Crippen molar-refractivity contribution >= 4 is 5.91 Å². The highest BCUT2D eigenvalue weighted by atomic mass is 16.2. The molecule has 4 atom stereocenters. The summed E-state index contributed by atoms with van der Waals surface area (Å²) in [6.45, 7) is 0. The van der Waals surface area contributed by atoms with E-state index < -0.39 is 0 Å². The summed E-state index contributed by atoms with van der Waals surface area (Å²) in [4.78, 5) is 12.1. The van der Waals surface area contributed by atoms with Crippen molar-refractivity contribution in [3.05, 3.63) is 0 Å². The number of carbonyl (C=O) groups excluding carboxylic acids is 1. The quantitative estimate of drug-likeness (QED) is 0.742. The molecular formula is C13H22N2O. The molecule has 3 rings (SSSR count). The van der Waals surface area contributed by atoms with Gasteiger partial charge < -0.3 is 11.1 Å². The van der Waals surface area contributed by atoms with Crippen LogP contribution in [0.1, 0.15) is 44.9 Å². The largest absolute Gasteiger partial charge is 0.352 e. The predicted octanol–water partition coefficient (Wildman–Crippen LogP) is 1.42. The van der Waals surface area contributed by atoms with Crippen LogP contribution >= 0.6 is 0 Å². The minimum atomic E-state index is 0.191. The van der Waals surface area contributed by atoms with Crippen LogP contribution in [0.4, 0.5) is 0 Å². The number of hydrogen-bond donors (Lipinski definition) is 2. The molecule has 3 nitrogen and oxygen atoms in total. The predicted molar refractivity (Wildman–Crippen MR) is 62.7 cm³/mol. The van der Waals surface area contributed by atoms with Gasteiger partial charge in [0.15, 0.2) is 0 Å². The third-order valence-corrected chi connectivity index (χ3v) is 4.86. The van der Waals surface area contributed by atoms with Gasteiger partial charge in [-0.2, -0.15) is 0 Å². The third-order valence-electron chi connectivity index (χ3n) is 4.86. The Morgan fingerprint density at radius 1 is 1.00 bits per heavy atom. The molecule has 16 heavy (non-hydrogen) atoms. The molecule has 0 aromatic rings. The molecule has 0 heterocycles. The number of carbonyl (C=O) groups is 1. The van der Waals surface area contributed by atoms with Crippen LogP contribution in [0.5, 0.6) is 0 Å². The van der Waals surface area contributed by atoms with Gasteiger partial charge in [0, 0.05) is 18.0 Å². The molecule has 4 unspecified atom stereocenters. The van der Waals surface area contributed by atoms with Crippen molar-refractivity contribution in [1.82, 2.24) is 5.32 Å². The van der Waals surface area contributed by atoms with Crippen LogP contribution in [0, 0.1) is 17.8 Å². The van der Waals surface area contributed by atoms with Crippen LogP contribution in [0.2, 0.25) is 0 Å². The molecule has 0 radical (unpaired) electrons. The summed E-state index contributed by atoms with van der Waals surface area (Å²) in [6, 6.07) is 0.443. The number of fused-ring (bicyclic) bond motifs is 1. The molecule has 0 bridgehead atoms. The minimum absolute atomic E-state index is 0.191. The van der Waals surface area contributed by atoms with E-state index in [9.17, 15) is 4.79 Å². The van der Waals surface area contributed by atoms with Gasteiger partial charge in [-0.25, -0.2) is 0 Å². The van der Waals surface area contributed by atoms with Gasteiger partial charge in [-0.05, 0) is 37.5 Å². The van der Waals surface area contributed by atoms with Crippen molar-refractivity contribution in [2.75, 3.05) is 0 Å². The van der Waals surface area contributed by atoms with Crippen LogP contribution in [0.15, 0.2) is 0 Å². The lowest BCUT2D eigenvalue weighted by atomic mass is 9.91. The standard InChI is InChI=1S/C13H22N2O/c14-10-6-1-2-7-11(10)15-13(16)12-8-4-3-5-9(8)12/h8-12H,1-7,14H2,(H,15,16). The fraction of sp³-hybridized carbons (Fsp3) is 0.923.